The summed E-state index contributed by atoms with van der Waals surface area (Å²) in [6.45, 7) is 23.5. The second kappa shape index (κ2) is 5.82. The van der Waals surface area contributed by atoms with Crippen molar-refractivity contribution in [3.63, 3.8) is 0 Å². The van der Waals surface area contributed by atoms with Crippen molar-refractivity contribution in [3.05, 3.63) is 11.5 Å². The van der Waals surface area contributed by atoms with E-state index in [4.69, 9.17) is 4.74 Å². The first-order chi connectivity index (χ1) is 8.26. The van der Waals surface area contributed by atoms with Crippen LogP contribution in [0.5, 0.6) is 0 Å². The van der Waals surface area contributed by atoms with Crippen LogP contribution in [-0.4, -0.2) is 23.1 Å². The van der Waals surface area contributed by atoms with Gasteiger partial charge in [-0.3, -0.25) is 0 Å². The van der Waals surface area contributed by atoms with Gasteiger partial charge in [0.15, 0.2) is 0 Å². The van der Waals surface area contributed by atoms with E-state index in [-0.39, 0.29) is 29.9 Å². The molecule has 0 fully saturated rings. The van der Waals surface area contributed by atoms with Crippen LogP contribution in [0.2, 0.25) is 0 Å². The largest absolute Gasteiger partial charge is 0.493 e. The Labute approximate surface area is 133 Å². The average Bonchev–Trinajstić information content (AvgIpc) is 2.11. The molecule has 0 saturated heterocycles. The monoisotopic (exact) mass is 301 g/mol. The first-order valence-electron chi connectivity index (χ1n) is 7.43. The molecule has 3 heteroatoms. The molecule has 0 saturated carbocycles. The summed E-state index contributed by atoms with van der Waals surface area (Å²) in [5.74, 6) is 1.16. The highest BCUT2D eigenvalue weighted by Crippen LogP contribution is 2.44. The lowest BCUT2D eigenvalue weighted by Crippen LogP contribution is -2.54. The van der Waals surface area contributed by atoms with Crippen LogP contribution in [0, 0.1) is 10.8 Å². The van der Waals surface area contributed by atoms with Crippen LogP contribution >= 0.6 is 13.5 Å². The predicted octanol–water partition coefficient (Wildman–Crippen LogP) is 4.92. The van der Waals surface area contributed by atoms with Gasteiger partial charge >= 0.3 is 0 Å². The fraction of sp³-hybridized carbons (Fsp3) is 0.882. The minimum Gasteiger partial charge on any atom is -0.493 e. The number of ether oxygens (including phenoxy) is 1. The molecular weight excluding hydrogens is 266 g/mol. The molecule has 0 spiro atoms. The normalized spacial score (nSPS) is 21.5. The number of rotatable bonds is 0. The lowest BCUT2D eigenvalue weighted by molar-refractivity contribution is -0.00733. The molecule has 20 heavy (non-hydrogen) atoms. The van der Waals surface area contributed by atoms with Crippen molar-refractivity contribution < 1.29 is 4.74 Å². The Kier molecular flexibility index (Phi) is 5.73. The summed E-state index contributed by atoms with van der Waals surface area (Å²) in [5, 5.41) is 0. The Balaban J connectivity index is 0.00000361. The summed E-state index contributed by atoms with van der Waals surface area (Å²) in [5.41, 5.74) is 1.62. The van der Waals surface area contributed by atoms with Gasteiger partial charge in [-0.25, -0.2) is 0 Å². The molecular formula is C17H35NOS. The molecule has 0 radical (unpaired) electrons. The van der Waals surface area contributed by atoms with Crippen LogP contribution in [0.3, 0.4) is 0 Å². The molecule has 0 aromatic carbocycles. The van der Waals surface area contributed by atoms with Crippen molar-refractivity contribution in [2.75, 3.05) is 6.61 Å². The van der Waals surface area contributed by atoms with E-state index < -0.39 is 0 Å². The van der Waals surface area contributed by atoms with Gasteiger partial charge in [-0.2, -0.15) is 13.5 Å². The van der Waals surface area contributed by atoms with Gasteiger partial charge in [0.05, 0.1) is 11.7 Å². The third-order valence-electron chi connectivity index (χ3n) is 3.48. The summed E-state index contributed by atoms with van der Waals surface area (Å²) in [6.07, 6.45) is 0. The molecule has 2 nitrogen and oxygen atoms in total. The van der Waals surface area contributed by atoms with Gasteiger partial charge in [-0.15, -0.1) is 0 Å². The minimum absolute atomic E-state index is 0. The van der Waals surface area contributed by atoms with Crippen LogP contribution in [0.1, 0.15) is 69.2 Å². The van der Waals surface area contributed by atoms with E-state index in [1.54, 1.807) is 0 Å². The van der Waals surface area contributed by atoms with Gasteiger partial charge in [-0.1, -0.05) is 41.5 Å². The fourth-order valence-electron chi connectivity index (χ4n) is 2.95. The molecule has 0 aromatic rings. The molecule has 0 aliphatic carbocycles. The van der Waals surface area contributed by atoms with Crippen molar-refractivity contribution in [1.82, 2.24) is 4.90 Å². The summed E-state index contributed by atoms with van der Waals surface area (Å²) >= 11 is 0. The number of nitrogens with zero attached hydrogens (tertiary/aromatic N) is 1. The maximum Gasteiger partial charge on any atom is 0.121 e. The molecule has 0 N–H and O–H groups in total. The van der Waals surface area contributed by atoms with Crippen LogP contribution < -0.4 is 0 Å². The predicted molar refractivity (Wildman–Crippen MR) is 93.3 cm³/mol. The maximum atomic E-state index is 6.16. The zero-order valence-electron chi connectivity index (χ0n) is 15.1. The van der Waals surface area contributed by atoms with E-state index in [0.29, 0.717) is 6.04 Å². The van der Waals surface area contributed by atoms with Crippen LogP contribution in [0.15, 0.2) is 11.5 Å². The highest BCUT2D eigenvalue weighted by Gasteiger charge is 2.42. The topological polar surface area (TPSA) is 12.5 Å². The SMILES string of the molecule is C[C@H]1COC(C(C)(C)C)=C(C(C)(C)C)N1C(C)(C)C.S. The molecule has 0 amide bonds. The zero-order valence-corrected chi connectivity index (χ0v) is 16.1. The van der Waals surface area contributed by atoms with Gasteiger partial charge < -0.3 is 9.64 Å². The molecule has 0 aromatic heterocycles. The van der Waals surface area contributed by atoms with E-state index in [9.17, 15) is 0 Å². The van der Waals surface area contributed by atoms with Crippen LogP contribution in [0.25, 0.3) is 0 Å². The molecule has 1 heterocycles. The summed E-state index contributed by atoms with van der Waals surface area (Å²) in [6, 6.07) is 0.417. The zero-order chi connectivity index (χ0) is 15.2. The van der Waals surface area contributed by atoms with Crippen LogP contribution in [-0.2, 0) is 4.74 Å². The Morgan fingerprint density at radius 1 is 0.900 bits per heavy atom. The highest BCUT2D eigenvalue weighted by molar-refractivity contribution is 7.59. The molecule has 1 rings (SSSR count). The van der Waals surface area contributed by atoms with Crippen molar-refractivity contribution in [2.45, 2.75) is 80.8 Å². The maximum absolute atomic E-state index is 6.16. The van der Waals surface area contributed by atoms with Crippen molar-refractivity contribution >= 4 is 13.5 Å². The molecule has 1 atom stereocenters. The van der Waals surface area contributed by atoms with Gasteiger partial charge in [0.2, 0.25) is 0 Å². The average molecular weight is 302 g/mol. The standard InChI is InChI=1S/C17H33NO.H2S/c1-12-11-19-14(16(5,6)7)13(15(2,3)4)18(12)17(8,9)10;/h12H,11H2,1-10H3;1H2/t12-;/m0./s1. The summed E-state index contributed by atoms with van der Waals surface area (Å²) < 4.78 is 6.16. The lowest BCUT2D eigenvalue weighted by atomic mass is 9.80. The first kappa shape index (κ1) is 19.7. The van der Waals surface area contributed by atoms with E-state index in [1.807, 2.05) is 0 Å². The second-order valence-electron chi connectivity index (χ2n) is 8.88. The second-order valence-corrected chi connectivity index (χ2v) is 8.88. The lowest BCUT2D eigenvalue weighted by Gasteiger charge is -2.52. The number of allylic oxidation sites excluding steroid dienone is 2. The summed E-state index contributed by atoms with van der Waals surface area (Å²) in [7, 11) is 0. The first-order valence-corrected chi connectivity index (χ1v) is 7.43. The molecule has 1 aliphatic heterocycles. The Morgan fingerprint density at radius 2 is 1.35 bits per heavy atom. The fourth-order valence-corrected chi connectivity index (χ4v) is 2.95. The van der Waals surface area contributed by atoms with Crippen LogP contribution in [0.4, 0.5) is 0 Å². The van der Waals surface area contributed by atoms with Gasteiger partial charge in [0, 0.05) is 16.4 Å². The molecule has 0 bridgehead atoms. The van der Waals surface area contributed by atoms with Gasteiger partial charge in [0.25, 0.3) is 0 Å². The Hall–Kier alpha value is -0.310. The van der Waals surface area contributed by atoms with Crippen molar-refractivity contribution in [3.8, 4) is 0 Å². The van der Waals surface area contributed by atoms with E-state index in [1.165, 1.54) is 5.70 Å². The molecule has 0 unspecified atom stereocenters. The smallest absolute Gasteiger partial charge is 0.121 e. The number of hydrogen-bond donors (Lipinski definition) is 0. The summed E-state index contributed by atoms with van der Waals surface area (Å²) in [4.78, 5) is 2.57. The minimum atomic E-state index is 0. The van der Waals surface area contributed by atoms with Crippen molar-refractivity contribution in [1.29, 1.82) is 0 Å². The number of hydrogen-bond acceptors (Lipinski definition) is 2. The Bertz CT molecular complexity index is 366. The van der Waals surface area contributed by atoms with Crippen molar-refractivity contribution in [2.24, 2.45) is 10.8 Å². The van der Waals surface area contributed by atoms with Gasteiger partial charge in [-0.05, 0) is 27.7 Å². The molecule has 120 valence electrons. The Morgan fingerprint density at radius 3 is 1.65 bits per heavy atom. The van der Waals surface area contributed by atoms with E-state index >= 15 is 0 Å². The third kappa shape index (κ3) is 4.09. The quantitative estimate of drug-likeness (QED) is 0.629. The highest BCUT2D eigenvalue weighted by atomic mass is 32.1. The van der Waals surface area contributed by atoms with E-state index in [0.717, 1.165) is 12.4 Å². The molecule has 1 aliphatic rings. The third-order valence-corrected chi connectivity index (χ3v) is 3.48. The van der Waals surface area contributed by atoms with E-state index in [2.05, 4.69) is 74.1 Å². The van der Waals surface area contributed by atoms with Gasteiger partial charge in [0.1, 0.15) is 12.4 Å².